The molecule has 0 aliphatic rings. The Labute approximate surface area is 259 Å². The molecule has 0 saturated heterocycles. The number of carbonyl (C=O) groups is 4. The Morgan fingerprint density at radius 1 is 0.977 bits per heavy atom. The number of halogens is 1. The van der Waals surface area contributed by atoms with Crippen molar-refractivity contribution in [3.05, 3.63) is 107 Å². The molecule has 1 aromatic heterocycles. The van der Waals surface area contributed by atoms with Gasteiger partial charge >= 0.3 is 6.03 Å². The summed E-state index contributed by atoms with van der Waals surface area (Å²) in [4.78, 5) is 49.6. The van der Waals surface area contributed by atoms with Crippen molar-refractivity contribution in [1.82, 2.24) is 30.8 Å². The first-order valence-electron chi connectivity index (χ1n) is 14.0. The second kappa shape index (κ2) is 15.9. The Bertz CT molecular complexity index is 1610. The van der Waals surface area contributed by atoms with Crippen LogP contribution in [-0.2, 0) is 27.2 Å². The fraction of sp³-hybridized carbons (Fsp3) is 0.219. The average Bonchev–Trinajstić information content (AvgIpc) is 3.54. The van der Waals surface area contributed by atoms with E-state index in [1.54, 1.807) is 48.5 Å². The van der Waals surface area contributed by atoms with E-state index in [0.29, 0.717) is 47.8 Å². The molecule has 0 fully saturated rings. The third kappa shape index (κ3) is 9.99. The van der Waals surface area contributed by atoms with Crippen LogP contribution in [0.25, 0.3) is 11.8 Å². The fourth-order valence-corrected chi connectivity index (χ4v) is 4.55. The number of nitrogens with zero attached hydrogens (tertiary/aromatic N) is 4. The van der Waals surface area contributed by atoms with E-state index in [0.717, 1.165) is 11.1 Å². The molecule has 11 nitrogen and oxygen atoms in total. The third-order valence-corrected chi connectivity index (χ3v) is 6.80. The number of tetrazole rings is 1. The van der Waals surface area contributed by atoms with Gasteiger partial charge in [-0.1, -0.05) is 54.1 Å². The average molecular weight is 614 g/mol. The Morgan fingerprint density at radius 2 is 1.75 bits per heavy atom. The van der Waals surface area contributed by atoms with Crippen molar-refractivity contribution in [1.29, 1.82) is 0 Å². The molecular formula is C32H32ClN7O4. The quantitative estimate of drug-likeness (QED) is 0.141. The molecule has 1 atom stereocenters. The van der Waals surface area contributed by atoms with Crippen molar-refractivity contribution >= 4 is 46.9 Å². The van der Waals surface area contributed by atoms with Gasteiger partial charge in [0.05, 0.1) is 11.7 Å². The van der Waals surface area contributed by atoms with Gasteiger partial charge in [-0.05, 0) is 77.7 Å². The van der Waals surface area contributed by atoms with Gasteiger partial charge in [0.25, 0.3) is 0 Å². The summed E-state index contributed by atoms with van der Waals surface area (Å²) in [5.41, 5.74) is 3.44. The lowest BCUT2D eigenvalue weighted by Gasteiger charge is -2.17. The maximum absolute atomic E-state index is 13.5. The topological polar surface area (TPSA) is 148 Å². The first-order chi connectivity index (χ1) is 21.3. The molecule has 0 bridgehead atoms. The monoisotopic (exact) mass is 613 g/mol. The van der Waals surface area contributed by atoms with Crippen LogP contribution in [0.4, 0.5) is 10.5 Å². The number of hydrogen-bond acceptors (Lipinski definition) is 7. The number of anilines is 1. The number of amides is 3. The first kappa shape index (κ1) is 31.8. The summed E-state index contributed by atoms with van der Waals surface area (Å²) in [6, 6.07) is 20.3. The number of nitrogens with one attached hydrogen (secondary N) is 3. The molecule has 0 aliphatic heterocycles. The van der Waals surface area contributed by atoms with E-state index in [1.807, 2.05) is 30.3 Å². The Morgan fingerprint density at radius 3 is 2.45 bits per heavy atom. The molecule has 3 amide bonds. The first-order valence-corrected chi connectivity index (χ1v) is 14.4. The highest BCUT2D eigenvalue weighted by atomic mass is 35.5. The van der Waals surface area contributed by atoms with E-state index in [9.17, 15) is 19.2 Å². The van der Waals surface area contributed by atoms with Gasteiger partial charge in [-0.15, -0.1) is 5.10 Å². The fourth-order valence-electron chi connectivity index (χ4n) is 4.36. The van der Waals surface area contributed by atoms with Crippen molar-refractivity contribution in [2.75, 3.05) is 11.9 Å². The van der Waals surface area contributed by atoms with Crippen LogP contribution >= 0.6 is 11.6 Å². The third-order valence-electron chi connectivity index (χ3n) is 6.57. The van der Waals surface area contributed by atoms with Crippen molar-refractivity contribution in [3.63, 3.8) is 0 Å². The van der Waals surface area contributed by atoms with Gasteiger partial charge in [0.1, 0.15) is 12.1 Å². The highest BCUT2D eigenvalue weighted by Crippen LogP contribution is 2.20. The van der Waals surface area contributed by atoms with Crippen molar-refractivity contribution in [2.45, 2.75) is 38.6 Å². The highest BCUT2D eigenvalue weighted by molar-refractivity contribution is 6.30. The number of ketones is 2. The molecular weight excluding hydrogens is 582 g/mol. The lowest BCUT2D eigenvalue weighted by Crippen LogP contribution is -2.42. The Hall–Kier alpha value is -5.16. The van der Waals surface area contributed by atoms with E-state index in [2.05, 4.69) is 31.5 Å². The lowest BCUT2D eigenvalue weighted by atomic mass is 9.97. The minimum absolute atomic E-state index is 0.0767. The van der Waals surface area contributed by atoms with E-state index in [4.69, 9.17) is 11.6 Å². The standard InChI is InChI=1S/C32H32ClN7O4/c1-22(41)6-5-17-34-32(44)36-27-13-9-24(10-14-27)19-30(42)28(18-23-7-3-2-4-8-23)37-31(43)16-11-25-20-26(33)12-15-29(25)40-21-35-38-39-40/h2-4,7-16,20-21,28H,5-6,17-19H2,1H3,(H,37,43)(H2,34,36,44)/b16-11+/t28-/m0/s1. The van der Waals surface area contributed by atoms with Crippen LogP contribution in [-0.4, -0.2) is 56.3 Å². The summed E-state index contributed by atoms with van der Waals surface area (Å²) < 4.78 is 1.46. The second-order valence-corrected chi connectivity index (χ2v) is 10.5. The number of carbonyl (C=O) groups excluding carboxylic acids is 4. The van der Waals surface area contributed by atoms with E-state index in [-0.39, 0.29) is 24.0 Å². The molecule has 0 spiro atoms. The maximum Gasteiger partial charge on any atom is 0.319 e. The number of rotatable bonds is 14. The van der Waals surface area contributed by atoms with Gasteiger partial charge < -0.3 is 20.7 Å². The van der Waals surface area contributed by atoms with Gasteiger partial charge in [-0.3, -0.25) is 9.59 Å². The Balaban J connectivity index is 1.40. The van der Waals surface area contributed by atoms with E-state index >= 15 is 0 Å². The predicted octanol–water partition coefficient (Wildman–Crippen LogP) is 4.36. The van der Waals surface area contributed by atoms with Crippen LogP contribution in [0.2, 0.25) is 5.02 Å². The van der Waals surface area contributed by atoms with Crippen LogP contribution in [0.5, 0.6) is 0 Å². The molecule has 0 aliphatic carbocycles. The van der Waals surface area contributed by atoms with Gasteiger partial charge in [0.2, 0.25) is 5.91 Å². The number of aromatic nitrogens is 4. The number of benzene rings is 3. The lowest BCUT2D eigenvalue weighted by molar-refractivity contribution is -0.125. The number of hydrogen-bond donors (Lipinski definition) is 3. The van der Waals surface area contributed by atoms with Gasteiger partial charge in [-0.2, -0.15) is 4.68 Å². The smallest absolute Gasteiger partial charge is 0.319 e. The van der Waals surface area contributed by atoms with Gasteiger partial charge in [-0.25, -0.2) is 4.79 Å². The zero-order valence-corrected chi connectivity index (χ0v) is 24.8. The van der Waals surface area contributed by atoms with E-state index < -0.39 is 11.9 Å². The maximum atomic E-state index is 13.5. The minimum Gasteiger partial charge on any atom is -0.342 e. The number of urea groups is 1. The molecule has 3 aromatic carbocycles. The molecule has 0 unspecified atom stereocenters. The second-order valence-electron chi connectivity index (χ2n) is 10.1. The van der Waals surface area contributed by atoms with E-state index in [1.165, 1.54) is 24.0 Å². The Kier molecular flexibility index (Phi) is 11.5. The van der Waals surface area contributed by atoms with Crippen LogP contribution in [0.15, 0.2) is 85.2 Å². The normalized spacial score (nSPS) is 11.6. The van der Waals surface area contributed by atoms with Crippen molar-refractivity contribution in [2.24, 2.45) is 0 Å². The van der Waals surface area contributed by atoms with Crippen LogP contribution in [0, 0.1) is 0 Å². The molecule has 3 N–H and O–H groups in total. The highest BCUT2D eigenvalue weighted by Gasteiger charge is 2.21. The zero-order valence-electron chi connectivity index (χ0n) is 24.1. The van der Waals surface area contributed by atoms with Crippen molar-refractivity contribution < 1.29 is 19.2 Å². The van der Waals surface area contributed by atoms with Crippen molar-refractivity contribution in [3.8, 4) is 5.69 Å². The summed E-state index contributed by atoms with van der Waals surface area (Å²) in [6.07, 6.45) is 5.75. The van der Waals surface area contributed by atoms with Gasteiger partial charge in [0.15, 0.2) is 5.78 Å². The summed E-state index contributed by atoms with van der Waals surface area (Å²) in [7, 11) is 0. The van der Waals surface area contributed by atoms with Crippen LogP contribution in [0.3, 0.4) is 0 Å². The molecule has 12 heteroatoms. The molecule has 4 aromatic rings. The molecule has 0 saturated carbocycles. The van der Waals surface area contributed by atoms with Crippen LogP contribution in [0.1, 0.15) is 36.5 Å². The largest absolute Gasteiger partial charge is 0.342 e. The zero-order chi connectivity index (χ0) is 31.3. The summed E-state index contributed by atoms with van der Waals surface area (Å²) in [5, 5.41) is 20.0. The SMILES string of the molecule is CC(=O)CCCNC(=O)Nc1ccc(CC(=O)[C@H](Cc2ccccc2)NC(=O)/C=C/c2cc(Cl)ccc2-n2cnnn2)cc1. The molecule has 44 heavy (non-hydrogen) atoms. The number of Topliss-reactive ketones (excluding diaryl/α,β-unsaturated/α-hetero) is 2. The predicted molar refractivity (Wildman–Crippen MR) is 167 cm³/mol. The van der Waals surface area contributed by atoms with Gasteiger partial charge in [0, 0.05) is 41.7 Å². The summed E-state index contributed by atoms with van der Waals surface area (Å²) in [5.74, 6) is -0.541. The molecule has 226 valence electrons. The molecule has 4 rings (SSSR count). The summed E-state index contributed by atoms with van der Waals surface area (Å²) >= 11 is 6.18. The van der Waals surface area contributed by atoms with Crippen LogP contribution < -0.4 is 16.0 Å². The summed E-state index contributed by atoms with van der Waals surface area (Å²) in [6.45, 7) is 1.90. The molecule has 1 heterocycles. The molecule has 0 radical (unpaired) electrons. The minimum atomic E-state index is -0.786.